The molecule has 1 amide bonds. The van der Waals surface area contributed by atoms with Gasteiger partial charge in [0.05, 0.1) is 6.04 Å². The van der Waals surface area contributed by atoms with Gasteiger partial charge in [0.2, 0.25) is 0 Å². The highest BCUT2D eigenvalue weighted by Crippen LogP contribution is 2.21. The third-order valence-corrected chi connectivity index (χ3v) is 2.77. The molecular formula is C14H25NO2. The number of carbonyl (C=O) groups is 1. The average molecular weight is 239 g/mol. The Kier molecular flexibility index (Phi) is 5.03. The first-order valence-corrected chi connectivity index (χ1v) is 6.60. The van der Waals surface area contributed by atoms with E-state index in [0.29, 0.717) is 0 Å². The highest BCUT2D eigenvalue weighted by atomic mass is 16.6. The van der Waals surface area contributed by atoms with Gasteiger partial charge in [-0.1, -0.05) is 19.1 Å². The van der Waals surface area contributed by atoms with Gasteiger partial charge in [-0.25, -0.2) is 4.79 Å². The second kappa shape index (κ2) is 6.08. The SMILES string of the molecule is CC/C=C/C1CCCCN1C(=O)OC(C)(C)C. The summed E-state index contributed by atoms with van der Waals surface area (Å²) in [6.07, 6.45) is 8.43. The monoisotopic (exact) mass is 239 g/mol. The number of hydrogen-bond acceptors (Lipinski definition) is 2. The van der Waals surface area contributed by atoms with E-state index in [2.05, 4.69) is 19.1 Å². The lowest BCUT2D eigenvalue weighted by Gasteiger charge is -2.35. The number of allylic oxidation sites excluding steroid dienone is 1. The van der Waals surface area contributed by atoms with E-state index in [9.17, 15) is 4.79 Å². The third kappa shape index (κ3) is 4.80. The zero-order chi connectivity index (χ0) is 12.9. The summed E-state index contributed by atoms with van der Waals surface area (Å²) in [4.78, 5) is 13.9. The number of rotatable bonds is 2. The van der Waals surface area contributed by atoms with E-state index in [-0.39, 0.29) is 12.1 Å². The quantitative estimate of drug-likeness (QED) is 0.687. The van der Waals surface area contributed by atoms with Crippen LogP contribution in [0.4, 0.5) is 4.79 Å². The molecule has 1 atom stereocenters. The summed E-state index contributed by atoms with van der Waals surface area (Å²) in [6.45, 7) is 8.65. The van der Waals surface area contributed by atoms with Crippen LogP contribution in [-0.4, -0.2) is 29.2 Å². The number of hydrogen-bond donors (Lipinski definition) is 0. The predicted molar refractivity (Wildman–Crippen MR) is 70.0 cm³/mol. The van der Waals surface area contributed by atoms with Crippen LogP contribution in [0.15, 0.2) is 12.2 Å². The molecule has 1 aliphatic rings. The fraction of sp³-hybridized carbons (Fsp3) is 0.786. The van der Waals surface area contributed by atoms with Crippen LogP contribution in [0, 0.1) is 0 Å². The molecule has 0 aromatic heterocycles. The predicted octanol–water partition coefficient (Wildman–Crippen LogP) is 3.74. The number of amides is 1. The normalized spacial score (nSPS) is 21.9. The summed E-state index contributed by atoms with van der Waals surface area (Å²) < 4.78 is 5.44. The van der Waals surface area contributed by atoms with Crippen molar-refractivity contribution in [1.29, 1.82) is 0 Å². The number of carbonyl (C=O) groups excluding carboxylic acids is 1. The Hall–Kier alpha value is -0.990. The van der Waals surface area contributed by atoms with Gasteiger partial charge in [-0.15, -0.1) is 0 Å². The maximum atomic E-state index is 12.1. The fourth-order valence-electron chi connectivity index (χ4n) is 2.00. The van der Waals surface area contributed by atoms with Crippen molar-refractivity contribution in [2.24, 2.45) is 0 Å². The minimum atomic E-state index is -0.409. The van der Waals surface area contributed by atoms with Gasteiger partial charge < -0.3 is 9.64 Å². The molecule has 17 heavy (non-hydrogen) atoms. The third-order valence-electron chi connectivity index (χ3n) is 2.77. The van der Waals surface area contributed by atoms with E-state index >= 15 is 0 Å². The minimum Gasteiger partial charge on any atom is -0.444 e. The summed E-state index contributed by atoms with van der Waals surface area (Å²) in [5.74, 6) is 0. The topological polar surface area (TPSA) is 29.5 Å². The van der Waals surface area contributed by atoms with Crippen molar-refractivity contribution in [2.75, 3.05) is 6.54 Å². The highest BCUT2D eigenvalue weighted by molar-refractivity contribution is 5.69. The molecule has 1 unspecified atom stereocenters. The molecule has 98 valence electrons. The van der Waals surface area contributed by atoms with E-state index < -0.39 is 5.60 Å². The van der Waals surface area contributed by atoms with Gasteiger partial charge in [-0.05, 0) is 46.5 Å². The molecule has 0 aliphatic carbocycles. The van der Waals surface area contributed by atoms with Gasteiger partial charge in [-0.2, -0.15) is 0 Å². The first-order chi connectivity index (χ1) is 7.94. The van der Waals surface area contributed by atoms with Gasteiger partial charge in [0.1, 0.15) is 5.60 Å². The van der Waals surface area contributed by atoms with Gasteiger partial charge in [0.15, 0.2) is 0 Å². The van der Waals surface area contributed by atoms with Crippen molar-refractivity contribution in [3.8, 4) is 0 Å². The van der Waals surface area contributed by atoms with E-state index in [1.54, 1.807) is 0 Å². The molecule has 0 saturated carbocycles. The number of likely N-dealkylation sites (tertiary alicyclic amines) is 1. The van der Waals surface area contributed by atoms with Crippen molar-refractivity contribution < 1.29 is 9.53 Å². The Morgan fingerprint density at radius 2 is 2.12 bits per heavy atom. The summed E-state index contributed by atoms with van der Waals surface area (Å²) in [6, 6.07) is 0.221. The molecule has 1 rings (SSSR count). The molecular weight excluding hydrogens is 214 g/mol. The number of piperidine rings is 1. The largest absolute Gasteiger partial charge is 0.444 e. The number of ether oxygens (including phenoxy) is 1. The Morgan fingerprint density at radius 1 is 1.41 bits per heavy atom. The van der Waals surface area contributed by atoms with Crippen LogP contribution in [-0.2, 0) is 4.74 Å². The Morgan fingerprint density at radius 3 is 2.71 bits per heavy atom. The maximum absolute atomic E-state index is 12.1. The van der Waals surface area contributed by atoms with Gasteiger partial charge in [0, 0.05) is 6.54 Å². The lowest BCUT2D eigenvalue weighted by atomic mass is 10.0. The summed E-state index contributed by atoms with van der Waals surface area (Å²) in [7, 11) is 0. The lowest BCUT2D eigenvalue weighted by molar-refractivity contribution is 0.0149. The number of nitrogens with zero attached hydrogens (tertiary/aromatic N) is 1. The molecule has 1 heterocycles. The molecule has 0 N–H and O–H groups in total. The fourth-order valence-corrected chi connectivity index (χ4v) is 2.00. The zero-order valence-corrected chi connectivity index (χ0v) is 11.5. The maximum Gasteiger partial charge on any atom is 0.410 e. The second-order valence-corrected chi connectivity index (χ2v) is 5.57. The Bertz CT molecular complexity index is 278. The van der Waals surface area contributed by atoms with Crippen LogP contribution in [0.5, 0.6) is 0 Å². The van der Waals surface area contributed by atoms with Crippen molar-refractivity contribution in [3.05, 3.63) is 12.2 Å². The van der Waals surface area contributed by atoms with Crippen LogP contribution < -0.4 is 0 Å². The highest BCUT2D eigenvalue weighted by Gasteiger charge is 2.28. The van der Waals surface area contributed by atoms with E-state index in [1.165, 1.54) is 6.42 Å². The average Bonchev–Trinajstić information content (AvgIpc) is 2.24. The Balaban J connectivity index is 2.64. The smallest absolute Gasteiger partial charge is 0.410 e. The van der Waals surface area contributed by atoms with E-state index in [4.69, 9.17) is 4.74 Å². The molecule has 0 radical (unpaired) electrons. The van der Waals surface area contributed by atoms with Crippen LogP contribution in [0.3, 0.4) is 0 Å². The molecule has 0 aromatic carbocycles. The summed E-state index contributed by atoms with van der Waals surface area (Å²) >= 11 is 0. The molecule has 1 aliphatic heterocycles. The van der Waals surface area contributed by atoms with Crippen molar-refractivity contribution in [2.45, 2.75) is 65.0 Å². The standard InChI is InChI=1S/C14H25NO2/c1-5-6-9-12-10-7-8-11-15(12)13(16)17-14(2,3)4/h6,9,12H,5,7-8,10-11H2,1-4H3/b9-6+. The van der Waals surface area contributed by atoms with Gasteiger partial charge >= 0.3 is 6.09 Å². The van der Waals surface area contributed by atoms with Crippen LogP contribution >= 0.6 is 0 Å². The van der Waals surface area contributed by atoms with Crippen LogP contribution in [0.25, 0.3) is 0 Å². The zero-order valence-electron chi connectivity index (χ0n) is 11.5. The molecule has 3 heteroatoms. The molecule has 0 aromatic rings. The molecule has 1 saturated heterocycles. The van der Waals surface area contributed by atoms with E-state index in [1.807, 2.05) is 25.7 Å². The van der Waals surface area contributed by atoms with E-state index in [0.717, 1.165) is 25.8 Å². The van der Waals surface area contributed by atoms with Crippen LogP contribution in [0.1, 0.15) is 53.4 Å². The van der Waals surface area contributed by atoms with Crippen molar-refractivity contribution in [1.82, 2.24) is 4.90 Å². The Labute approximate surface area is 105 Å². The first-order valence-electron chi connectivity index (χ1n) is 6.60. The summed E-state index contributed by atoms with van der Waals surface area (Å²) in [5, 5.41) is 0. The molecule has 0 bridgehead atoms. The van der Waals surface area contributed by atoms with Crippen molar-refractivity contribution in [3.63, 3.8) is 0 Å². The minimum absolute atomic E-state index is 0.178. The van der Waals surface area contributed by atoms with Gasteiger partial charge in [-0.3, -0.25) is 0 Å². The van der Waals surface area contributed by atoms with Crippen molar-refractivity contribution >= 4 is 6.09 Å². The second-order valence-electron chi connectivity index (χ2n) is 5.57. The molecule has 0 spiro atoms. The lowest BCUT2D eigenvalue weighted by Crippen LogP contribution is -2.45. The van der Waals surface area contributed by atoms with Gasteiger partial charge in [0.25, 0.3) is 0 Å². The molecule has 1 fully saturated rings. The summed E-state index contributed by atoms with van der Waals surface area (Å²) in [5.41, 5.74) is -0.409. The first kappa shape index (κ1) is 14.1. The molecule has 3 nitrogen and oxygen atoms in total. The van der Waals surface area contributed by atoms with Crippen LogP contribution in [0.2, 0.25) is 0 Å².